The molecule has 4 heteroatoms. The highest BCUT2D eigenvalue weighted by atomic mass is 16.1. The van der Waals surface area contributed by atoms with Gasteiger partial charge in [0.15, 0.2) is 0 Å². The van der Waals surface area contributed by atoms with Gasteiger partial charge >= 0.3 is 0 Å². The molecular formula is C10H19N2O2. The molecule has 0 aromatic rings. The van der Waals surface area contributed by atoms with E-state index in [2.05, 4.69) is 5.32 Å². The van der Waals surface area contributed by atoms with Gasteiger partial charge in [-0.2, -0.15) is 0 Å². The Morgan fingerprint density at radius 2 is 1.86 bits per heavy atom. The molecule has 0 spiro atoms. The van der Waals surface area contributed by atoms with Crippen LogP contribution in [0.25, 0.3) is 0 Å². The zero-order valence-electron chi connectivity index (χ0n) is 8.71. The number of nitrogens with two attached hydrogens (primary N) is 1. The van der Waals surface area contributed by atoms with E-state index in [9.17, 15) is 9.59 Å². The van der Waals surface area contributed by atoms with Crippen molar-refractivity contribution in [1.29, 1.82) is 0 Å². The summed E-state index contributed by atoms with van der Waals surface area (Å²) in [4.78, 5) is 21.1. The fourth-order valence-corrected chi connectivity index (χ4v) is 1.13. The number of hydrogen-bond donors (Lipinski definition) is 2. The van der Waals surface area contributed by atoms with Crippen molar-refractivity contribution in [2.75, 3.05) is 7.05 Å². The Labute approximate surface area is 85.2 Å². The normalized spacial score (nSPS) is 9.79. The fraction of sp³-hybridized carbons (Fsp3) is 0.700. The summed E-state index contributed by atoms with van der Waals surface area (Å²) in [5.41, 5.74) is 4.99. The van der Waals surface area contributed by atoms with Crippen LogP contribution in [0, 0.1) is 6.42 Å². The average molecular weight is 199 g/mol. The number of rotatable bonds is 8. The number of amides is 2. The first kappa shape index (κ1) is 12.9. The lowest BCUT2D eigenvalue weighted by Gasteiger charge is -2.00. The topological polar surface area (TPSA) is 72.2 Å². The number of unbranched alkanes of at least 4 members (excludes halogenated alkanes) is 4. The molecule has 1 radical (unpaired) electrons. The molecule has 0 aliphatic rings. The molecule has 0 fully saturated rings. The maximum atomic E-state index is 10.8. The lowest BCUT2D eigenvalue weighted by Crippen LogP contribution is -2.17. The number of carbonyl (C=O) groups is 2. The molecule has 0 aliphatic carbocycles. The highest BCUT2D eigenvalue weighted by molar-refractivity contribution is 5.84. The van der Waals surface area contributed by atoms with Crippen LogP contribution in [0.3, 0.4) is 0 Å². The second-order valence-electron chi connectivity index (χ2n) is 3.24. The smallest absolute Gasteiger partial charge is 0.223 e. The van der Waals surface area contributed by atoms with Crippen LogP contribution < -0.4 is 11.1 Å². The van der Waals surface area contributed by atoms with Crippen molar-refractivity contribution in [3.8, 4) is 0 Å². The maximum absolute atomic E-state index is 10.8. The predicted molar refractivity (Wildman–Crippen MR) is 55.3 cm³/mol. The van der Waals surface area contributed by atoms with Gasteiger partial charge in [0.05, 0.1) is 0 Å². The number of hydrogen-bond acceptors (Lipinski definition) is 2. The van der Waals surface area contributed by atoms with Crippen LogP contribution in [0.4, 0.5) is 0 Å². The number of carbonyl (C=O) groups excluding carboxylic acids is 2. The number of nitrogens with one attached hydrogen (secondary N) is 1. The van der Waals surface area contributed by atoms with Crippen molar-refractivity contribution in [2.24, 2.45) is 5.73 Å². The van der Waals surface area contributed by atoms with E-state index in [1.54, 1.807) is 13.5 Å². The van der Waals surface area contributed by atoms with Gasteiger partial charge in [-0.05, 0) is 12.8 Å². The molecule has 14 heavy (non-hydrogen) atoms. The van der Waals surface area contributed by atoms with E-state index in [0.717, 1.165) is 32.1 Å². The zero-order valence-corrected chi connectivity index (χ0v) is 8.71. The summed E-state index contributed by atoms with van der Waals surface area (Å²) >= 11 is 0. The molecule has 3 N–H and O–H groups in total. The van der Waals surface area contributed by atoms with E-state index >= 15 is 0 Å². The molecule has 0 aliphatic heterocycles. The van der Waals surface area contributed by atoms with Crippen LogP contribution in [-0.2, 0) is 9.59 Å². The molecule has 0 unspecified atom stereocenters. The van der Waals surface area contributed by atoms with Gasteiger partial charge in [0.25, 0.3) is 0 Å². The first-order valence-corrected chi connectivity index (χ1v) is 5.00. The molecule has 0 heterocycles. The van der Waals surface area contributed by atoms with E-state index in [-0.39, 0.29) is 11.8 Å². The van der Waals surface area contributed by atoms with Crippen molar-refractivity contribution in [3.63, 3.8) is 0 Å². The molecule has 0 aromatic heterocycles. The Morgan fingerprint density at radius 3 is 2.43 bits per heavy atom. The third kappa shape index (κ3) is 9.03. The van der Waals surface area contributed by atoms with Crippen LogP contribution in [0.2, 0.25) is 0 Å². The Bertz CT molecular complexity index is 181. The summed E-state index contributed by atoms with van der Waals surface area (Å²) in [6, 6.07) is 0. The second-order valence-corrected chi connectivity index (χ2v) is 3.24. The Balaban J connectivity index is 3.06. The quantitative estimate of drug-likeness (QED) is 0.566. The Kier molecular flexibility index (Phi) is 7.89. The van der Waals surface area contributed by atoms with Crippen LogP contribution >= 0.6 is 0 Å². The van der Waals surface area contributed by atoms with E-state index in [1.807, 2.05) is 0 Å². The summed E-state index contributed by atoms with van der Waals surface area (Å²) < 4.78 is 0. The molecule has 2 amide bonds. The van der Waals surface area contributed by atoms with Crippen molar-refractivity contribution in [3.05, 3.63) is 6.42 Å². The molecule has 0 saturated heterocycles. The molecule has 0 saturated carbocycles. The van der Waals surface area contributed by atoms with Crippen molar-refractivity contribution in [1.82, 2.24) is 5.32 Å². The van der Waals surface area contributed by atoms with Crippen LogP contribution in [0.5, 0.6) is 0 Å². The Morgan fingerprint density at radius 1 is 1.21 bits per heavy atom. The van der Waals surface area contributed by atoms with Crippen molar-refractivity contribution in [2.45, 2.75) is 38.5 Å². The van der Waals surface area contributed by atoms with Gasteiger partial charge in [-0.3, -0.25) is 9.59 Å². The van der Waals surface area contributed by atoms with E-state index < -0.39 is 0 Å². The van der Waals surface area contributed by atoms with Gasteiger partial charge in [-0.25, -0.2) is 0 Å². The van der Waals surface area contributed by atoms with Crippen molar-refractivity contribution < 1.29 is 9.59 Å². The third-order valence-corrected chi connectivity index (χ3v) is 1.95. The standard InChI is InChI=1S/C10H19N2O2/c1-12-10(14)8-6-4-2-3-5-7-9(11)13/h8H,2-7H2,1H3,(H2,11,13)(H,12,14). The third-order valence-electron chi connectivity index (χ3n) is 1.95. The fourth-order valence-electron chi connectivity index (χ4n) is 1.13. The van der Waals surface area contributed by atoms with Gasteiger partial charge in [-0.15, -0.1) is 0 Å². The minimum Gasteiger partial charge on any atom is -0.370 e. The van der Waals surface area contributed by atoms with Crippen LogP contribution in [0.1, 0.15) is 38.5 Å². The molecule has 0 rings (SSSR count). The lowest BCUT2D eigenvalue weighted by atomic mass is 10.1. The summed E-state index contributed by atoms with van der Waals surface area (Å²) in [7, 11) is 1.62. The van der Waals surface area contributed by atoms with Crippen LogP contribution in [-0.4, -0.2) is 18.9 Å². The van der Waals surface area contributed by atoms with E-state index in [0.29, 0.717) is 6.42 Å². The molecular weight excluding hydrogens is 180 g/mol. The lowest BCUT2D eigenvalue weighted by molar-refractivity contribution is -0.118. The van der Waals surface area contributed by atoms with Gasteiger partial charge < -0.3 is 11.1 Å². The molecule has 0 atom stereocenters. The second kappa shape index (κ2) is 8.53. The first-order chi connectivity index (χ1) is 6.66. The maximum Gasteiger partial charge on any atom is 0.223 e. The molecule has 81 valence electrons. The predicted octanol–water partition coefficient (Wildman–Crippen LogP) is 0.763. The molecule has 0 aromatic carbocycles. The largest absolute Gasteiger partial charge is 0.370 e. The minimum absolute atomic E-state index is 0.0258. The monoisotopic (exact) mass is 199 g/mol. The molecule has 4 nitrogen and oxygen atoms in total. The Hall–Kier alpha value is -1.06. The number of primary amides is 1. The van der Waals surface area contributed by atoms with Gasteiger partial charge in [0.1, 0.15) is 0 Å². The zero-order chi connectivity index (χ0) is 10.8. The highest BCUT2D eigenvalue weighted by Crippen LogP contribution is 2.06. The summed E-state index contributed by atoms with van der Waals surface area (Å²) in [5.74, 6) is -0.260. The summed E-state index contributed by atoms with van der Waals surface area (Å²) in [6.07, 6.45) is 6.82. The van der Waals surface area contributed by atoms with Crippen molar-refractivity contribution >= 4 is 11.8 Å². The summed E-state index contributed by atoms with van der Waals surface area (Å²) in [5, 5.41) is 2.53. The van der Waals surface area contributed by atoms with E-state index in [4.69, 9.17) is 5.73 Å². The SMILES string of the molecule is CNC(=O)[CH]CCCCCCC(N)=O. The summed E-state index contributed by atoms with van der Waals surface area (Å²) in [6.45, 7) is 0. The minimum atomic E-state index is -0.234. The van der Waals surface area contributed by atoms with Gasteiger partial charge in [0, 0.05) is 19.9 Å². The van der Waals surface area contributed by atoms with E-state index in [1.165, 1.54) is 0 Å². The van der Waals surface area contributed by atoms with Gasteiger partial charge in [0.2, 0.25) is 11.8 Å². The first-order valence-electron chi connectivity index (χ1n) is 5.00. The van der Waals surface area contributed by atoms with Gasteiger partial charge in [-0.1, -0.05) is 19.3 Å². The average Bonchev–Trinajstić information content (AvgIpc) is 2.15. The highest BCUT2D eigenvalue weighted by Gasteiger charge is 1.98. The molecule has 0 bridgehead atoms. The van der Waals surface area contributed by atoms with Crippen LogP contribution in [0.15, 0.2) is 0 Å².